The zero-order valence-corrected chi connectivity index (χ0v) is 32.1. The van der Waals surface area contributed by atoms with Crippen LogP contribution in [0.2, 0.25) is 0 Å². The number of rotatable bonds is 14. The second kappa shape index (κ2) is 33.2. The molecule has 0 unspecified atom stereocenters. The molecule has 2 N–H and O–H groups in total. The topological polar surface area (TPSA) is 105 Å². The Morgan fingerprint density at radius 2 is 0.898 bits per heavy atom. The lowest BCUT2D eigenvalue weighted by Crippen LogP contribution is -2.39. The molecule has 0 bridgehead atoms. The van der Waals surface area contributed by atoms with Crippen molar-refractivity contribution in [3.63, 3.8) is 0 Å². The third kappa shape index (κ3) is 27.4. The van der Waals surface area contributed by atoms with Crippen LogP contribution in [-0.4, -0.2) is 53.6 Å². The summed E-state index contributed by atoms with van der Waals surface area (Å²) >= 11 is 0. The number of amides is 3. The summed E-state index contributed by atoms with van der Waals surface area (Å²) < 4.78 is 11.3. The van der Waals surface area contributed by atoms with E-state index in [4.69, 9.17) is 9.47 Å². The standard InChI is InChI=1S/C21H39NO4.C20H39NO2/c1-2-3-4-12-15-18-22(20(23)24)21(25)26-19-16-13-10-8-6-5-7-9-11-14-17-19;1-2-3-4-12-15-18-21-20(22)23-19-16-13-10-8-6-5-7-9-11-14-17-19/h19H,2-18H2,1H3,(H,23,24);19H,2-18H2,1H3,(H,21,22). The molecule has 0 aromatic heterocycles. The summed E-state index contributed by atoms with van der Waals surface area (Å²) in [4.78, 5) is 36.6. The normalized spacial score (nSPS) is 18.2. The Bertz CT molecular complexity index is 770. The SMILES string of the molecule is CCCCCCCN(C(=O)O)C(=O)OC1CCCCCCCCCCC1.CCCCCCCNC(=O)OC1CCCCCCCCCCC1. The molecule has 3 amide bonds. The number of ether oxygens (including phenoxy) is 2. The first-order valence-electron chi connectivity index (χ1n) is 21.1. The van der Waals surface area contributed by atoms with Gasteiger partial charge in [-0.05, 0) is 64.2 Å². The van der Waals surface area contributed by atoms with Gasteiger partial charge >= 0.3 is 18.3 Å². The quantitative estimate of drug-likeness (QED) is 0.175. The van der Waals surface area contributed by atoms with Gasteiger partial charge in [-0.3, -0.25) is 0 Å². The van der Waals surface area contributed by atoms with Gasteiger partial charge in [0.2, 0.25) is 0 Å². The van der Waals surface area contributed by atoms with Crippen molar-refractivity contribution in [3.05, 3.63) is 0 Å². The smallest absolute Gasteiger partial charge is 0.419 e. The van der Waals surface area contributed by atoms with Crippen LogP contribution in [0.3, 0.4) is 0 Å². The van der Waals surface area contributed by atoms with E-state index in [-0.39, 0.29) is 24.8 Å². The van der Waals surface area contributed by atoms with Gasteiger partial charge in [-0.2, -0.15) is 0 Å². The van der Waals surface area contributed by atoms with Crippen LogP contribution in [0.15, 0.2) is 0 Å². The van der Waals surface area contributed by atoms with Crippen molar-refractivity contribution in [2.45, 2.75) is 232 Å². The van der Waals surface area contributed by atoms with Crippen molar-refractivity contribution >= 4 is 18.3 Å². The minimum absolute atomic E-state index is 0.134. The number of nitrogens with zero attached hydrogens (tertiary/aromatic N) is 1. The maximum Gasteiger partial charge on any atom is 0.419 e. The number of imide groups is 1. The Morgan fingerprint density at radius 1 is 0.531 bits per heavy atom. The zero-order valence-electron chi connectivity index (χ0n) is 32.1. The van der Waals surface area contributed by atoms with Crippen LogP contribution in [-0.2, 0) is 9.47 Å². The molecule has 0 radical (unpaired) electrons. The van der Waals surface area contributed by atoms with Gasteiger partial charge in [-0.15, -0.1) is 0 Å². The van der Waals surface area contributed by atoms with E-state index in [1.807, 2.05) is 0 Å². The van der Waals surface area contributed by atoms with Crippen LogP contribution >= 0.6 is 0 Å². The molecule has 2 rings (SSSR count). The van der Waals surface area contributed by atoms with E-state index in [0.717, 1.165) is 82.1 Å². The summed E-state index contributed by atoms with van der Waals surface area (Å²) in [5.41, 5.74) is 0. The molecule has 49 heavy (non-hydrogen) atoms. The zero-order chi connectivity index (χ0) is 35.6. The lowest BCUT2D eigenvalue weighted by molar-refractivity contribution is 0.0521. The van der Waals surface area contributed by atoms with E-state index in [9.17, 15) is 19.5 Å². The van der Waals surface area contributed by atoms with E-state index in [0.29, 0.717) is 6.42 Å². The fourth-order valence-corrected chi connectivity index (χ4v) is 6.94. The predicted octanol–water partition coefficient (Wildman–Crippen LogP) is 13.1. The molecule has 8 heteroatoms. The van der Waals surface area contributed by atoms with Gasteiger partial charge in [0.1, 0.15) is 12.2 Å². The molecule has 0 atom stereocenters. The minimum Gasteiger partial charge on any atom is -0.465 e. The molecule has 2 aliphatic carbocycles. The van der Waals surface area contributed by atoms with Crippen LogP contribution in [0.1, 0.15) is 219 Å². The van der Waals surface area contributed by atoms with Crippen molar-refractivity contribution in [1.82, 2.24) is 10.2 Å². The minimum atomic E-state index is -1.20. The highest BCUT2D eigenvalue weighted by Crippen LogP contribution is 2.21. The van der Waals surface area contributed by atoms with E-state index < -0.39 is 12.2 Å². The van der Waals surface area contributed by atoms with E-state index in [1.54, 1.807) is 0 Å². The number of carbonyl (C=O) groups excluding carboxylic acids is 2. The lowest BCUT2D eigenvalue weighted by atomic mass is 9.99. The van der Waals surface area contributed by atoms with Crippen molar-refractivity contribution < 1.29 is 29.0 Å². The van der Waals surface area contributed by atoms with Crippen molar-refractivity contribution in [3.8, 4) is 0 Å². The van der Waals surface area contributed by atoms with E-state index in [1.165, 1.54) is 128 Å². The van der Waals surface area contributed by atoms with Gasteiger partial charge in [0.05, 0.1) is 0 Å². The van der Waals surface area contributed by atoms with Gasteiger partial charge < -0.3 is 19.9 Å². The lowest BCUT2D eigenvalue weighted by Gasteiger charge is -2.23. The third-order valence-electron chi connectivity index (χ3n) is 10.1. The highest BCUT2D eigenvalue weighted by atomic mass is 16.6. The van der Waals surface area contributed by atoms with Gasteiger partial charge in [-0.25, -0.2) is 19.3 Å². The van der Waals surface area contributed by atoms with Crippen molar-refractivity contribution in [1.29, 1.82) is 0 Å². The second-order valence-corrected chi connectivity index (χ2v) is 14.7. The van der Waals surface area contributed by atoms with Crippen molar-refractivity contribution in [2.75, 3.05) is 13.1 Å². The molecule has 0 spiro atoms. The first-order chi connectivity index (χ1) is 24.0. The fraction of sp³-hybridized carbons (Fsp3) is 0.927. The molecule has 0 aliphatic heterocycles. The summed E-state index contributed by atoms with van der Waals surface area (Å²) in [6, 6.07) is 0. The van der Waals surface area contributed by atoms with Crippen LogP contribution < -0.4 is 5.32 Å². The summed E-state index contributed by atoms with van der Waals surface area (Å²) in [7, 11) is 0. The van der Waals surface area contributed by atoms with E-state index >= 15 is 0 Å². The Balaban J connectivity index is 0.000000494. The second-order valence-electron chi connectivity index (χ2n) is 14.7. The molecule has 0 aromatic carbocycles. The number of unbranched alkanes of at least 4 members (excludes halogenated alkanes) is 8. The van der Waals surface area contributed by atoms with Crippen LogP contribution in [0, 0.1) is 0 Å². The number of carboxylic acid groups (broad SMARTS) is 1. The Labute approximate surface area is 301 Å². The van der Waals surface area contributed by atoms with Crippen molar-refractivity contribution in [2.24, 2.45) is 0 Å². The number of hydrogen-bond donors (Lipinski definition) is 2. The number of nitrogens with one attached hydrogen (secondary N) is 1. The first kappa shape index (κ1) is 45.0. The molecular weight excluding hydrogens is 616 g/mol. The van der Waals surface area contributed by atoms with Crippen LogP contribution in [0.25, 0.3) is 0 Å². The largest absolute Gasteiger partial charge is 0.465 e. The molecule has 2 fully saturated rings. The highest BCUT2D eigenvalue weighted by Gasteiger charge is 2.25. The maximum absolute atomic E-state index is 12.4. The number of hydrogen-bond acceptors (Lipinski definition) is 5. The van der Waals surface area contributed by atoms with Crippen LogP contribution in [0.4, 0.5) is 14.4 Å². The predicted molar refractivity (Wildman–Crippen MR) is 202 cm³/mol. The summed E-state index contributed by atoms with van der Waals surface area (Å²) in [5, 5.41) is 12.3. The Kier molecular flexibility index (Phi) is 30.5. The Hall–Kier alpha value is -1.99. The molecule has 2 aliphatic rings. The summed E-state index contributed by atoms with van der Waals surface area (Å²) in [5.74, 6) is 0. The molecule has 2 saturated carbocycles. The number of alkyl carbamates (subject to hydrolysis) is 1. The monoisotopic (exact) mass is 695 g/mol. The fourth-order valence-electron chi connectivity index (χ4n) is 6.94. The highest BCUT2D eigenvalue weighted by molar-refractivity contribution is 5.86. The third-order valence-corrected chi connectivity index (χ3v) is 10.1. The van der Waals surface area contributed by atoms with Gasteiger partial charge in [0, 0.05) is 13.1 Å². The van der Waals surface area contributed by atoms with Gasteiger partial charge in [-0.1, -0.05) is 155 Å². The van der Waals surface area contributed by atoms with Gasteiger partial charge in [0.25, 0.3) is 0 Å². The molecular formula is C41H78N2O6. The summed E-state index contributed by atoms with van der Waals surface area (Å²) in [6.45, 7) is 5.36. The molecule has 0 heterocycles. The van der Waals surface area contributed by atoms with E-state index in [2.05, 4.69) is 19.2 Å². The average Bonchev–Trinajstić information content (AvgIpc) is 3.07. The molecule has 288 valence electrons. The Morgan fingerprint density at radius 3 is 1.31 bits per heavy atom. The maximum atomic E-state index is 12.4. The molecule has 8 nitrogen and oxygen atoms in total. The molecule has 0 saturated heterocycles. The average molecular weight is 695 g/mol. The van der Waals surface area contributed by atoms with Gasteiger partial charge in [0.15, 0.2) is 0 Å². The molecule has 0 aromatic rings. The summed E-state index contributed by atoms with van der Waals surface area (Å²) in [6.07, 6.45) is 35.6. The first-order valence-corrected chi connectivity index (χ1v) is 21.1. The number of carbonyl (C=O) groups is 3. The van der Waals surface area contributed by atoms with Crippen LogP contribution in [0.5, 0.6) is 0 Å².